The van der Waals surface area contributed by atoms with Gasteiger partial charge in [-0.3, -0.25) is 9.78 Å². The largest absolute Gasteiger partial charge is 0.497 e. The monoisotopic (exact) mass is 402 g/mol. The lowest BCUT2D eigenvalue weighted by Crippen LogP contribution is -2.32. The smallest absolute Gasteiger partial charge is 0.227 e. The maximum absolute atomic E-state index is 13.0. The lowest BCUT2D eigenvalue weighted by atomic mass is 10.1. The fourth-order valence-electron chi connectivity index (χ4n) is 3.86. The summed E-state index contributed by atoms with van der Waals surface area (Å²) in [5, 5.41) is 3.30. The van der Waals surface area contributed by atoms with Gasteiger partial charge in [0.2, 0.25) is 5.91 Å². The molecule has 1 N–H and O–H groups in total. The van der Waals surface area contributed by atoms with Crippen molar-refractivity contribution in [3.8, 4) is 5.75 Å². The highest BCUT2D eigenvalue weighted by molar-refractivity contribution is 5.79. The number of carbonyl (C=O) groups is 1. The maximum Gasteiger partial charge on any atom is 0.227 e. The van der Waals surface area contributed by atoms with Gasteiger partial charge in [0, 0.05) is 12.7 Å². The summed E-state index contributed by atoms with van der Waals surface area (Å²) in [5.74, 6) is 1.72. The molecule has 154 valence electrons. The van der Waals surface area contributed by atoms with Crippen LogP contribution in [0, 0.1) is 6.92 Å². The first-order valence-corrected chi connectivity index (χ1v) is 10.2. The Morgan fingerprint density at radius 2 is 2.10 bits per heavy atom. The second-order valence-electron chi connectivity index (χ2n) is 7.54. The lowest BCUT2D eigenvalue weighted by molar-refractivity contribution is -0.131. The molecule has 0 saturated carbocycles. The molecule has 1 saturated heterocycles. The third-order valence-electron chi connectivity index (χ3n) is 5.46. The van der Waals surface area contributed by atoms with E-state index in [1.54, 1.807) is 13.3 Å². The van der Waals surface area contributed by atoms with Gasteiger partial charge < -0.3 is 15.0 Å². The first-order chi connectivity index (χ1) is 14.6. The number of methoxy groups -OCH3 is 1. The number of aromatic nitrogens is 2. The van der Waals surface area contributed by atoms with Gasteiger partial charge in [-0.25, -0.2) is 4.98 Å². The molecule has 1 aliphatic heterocycles. The van der Waals surface area contributed by atoms with Gasteiger partial charge in [-0.05, 0) is 61.2 Å². The van der Waals surface area contributed by atoms with E-state index in [0.29, 0.717) is 6.42 Å². The highest BCUT2D eigenvalue weighted by Gasteiger charge is 2.30. The Hall–Kier alpha value is -3.41. The first kappa shape index (κ1) is 19.9. The van der Waals surface area contributed by atoms with Gasteiger partial charge in [0.05, 0.1) is 37.2 Å². The quantitative estimate of drug-likeness (QED) is 0.660. The van der Waals surface area contributed by atoms with Crippen molar-refractivity contribution in [1.82, 2.24) is 14.9 Å². The number of likely N-dealkylation sites (tertiary alicyclic amines) is 1. The first-order valence-electron chi connectivity index (χ1n) is 10.2. The SMILES string of the molecule is COc1cccc(CC(=O)N2CCCC2c2ccc(Nc3ncccc3C)cn2)c1. The molecule has 6 heteroatoms. The summed E-state index contributed by atoms with van der Waals surface area (Å²) in [7, 11) is 1.64. The van der Waals surface area contributed by atoms with E-state index in [0.717, 1.165) is 53.5 Å². The van der Waals surface area contributed by atoms with Crippen molar-refractivity contribution in [2.24, 2.45) is 0 Å². The van der Waals surface area contributed by atoms with Crippen LogP contribution in [-0.4, -0.2) is 34.4 Å². The molecule has 1 fully saturated rings. The van der Waals surface area contributed by atoms with Crippen LogP contribution in [0.5, 0.6) is 5.75 Å². The number of benzene rings is 1. The molecular weight excluding hydrogens is 376 g/mol. The molecule has 30 heavy (non-hydrogen) atoms. The van der Waals surface area contributed by atoms with E-state index in [-0.39, 0.29) is 11.9 Å². The van der Waals surface area contributed by atoms with Gasteiger partial charge in [-0.2, -0.15) is 0 Å². The van der Waals surface area contributed by atoms with E-state index in [1.807, 2.05) is 66.6 Å². The van der Waals surface area contributed by atoms with Gasteiger partial charge >= 0.3 is 0 Å². The minimum Gasteiger partial charge on any atom is -0.497 e. The Kier molecular flexibility index (Phi) is 5.93. The standard InChI is InChI=1S/C24H26N4O2/c1-17-6-4-12-25-24(17)27-19-10-11-21(26-16-19)22-9-5-13-28(22)23(29)15-18-7-3-8-20(14-18)30-2/h3-4,6-8,10-12,14,16,22H,5,9,13,15H2,1-2H3,(H,25,27). The third kappa shape index (κ3) is 4.43. The Labute approximate surface area is 176 Å². The molecule has 0 aliphatic carbocycles. The fraction of sp³-hybridized carbons (Fsp3) is 0.292. The molecule has 0 bridgehead atoms. The molecule has 3 aromatic rings. The van der Waals surface area contributed by atoms with Gasteiger partial charge in [-0.15, -0.1) is 0 Å². The number of ether oxygens (including phenoxy) is 1. The highest BCUT2D eigenvalue weighted by Crippen LogP contribution is 2.32. The lowest BCUT2D eigenvalue weighted by Gasteiger charge is -2.24. The topological polar surface area (TPSA) is 67.3 Å². The van der Waals surface area contributed by atoms with Crippen LogP contribution >= 0.6 is 0 Å². The Balaban J connectivity index is 1.45. The number of hydrogen-bond donors (Lipinski definition) is 1. The molecule has 4 rings (SSSR count). The molecule has 1 aromatic carbocycles. The normalized spacial score (nSPS) is 15.8. The minimum atomic E-state index is 0.0220. The zero-order chi connectivity index (χ0) is 20.9. The third-order valence-corrected chi connectivity index (χ3v) is 5.46. The Morgan fingerprint density at radius 3 is 2.87 bits per heavy atom. The van der Waals surface area contributed by atoms with E-state index < -0.39 is 0 Å². The predicted molar refractivity (Wildman–Crippen MR) is 117 cm³/mol. The number of nitrogens with one attached hydrogen (secondary N) is 1. The van der Waals surface area contributed by atoms with Crippen molar-refractivity contribution in [2.75, 3.05) is 19.0 Å². The predicted octanol–water partition coefficient (Wildman–Crippen LogP) is 4.44. The van der Waals surface area contributed by atoms with Crippen LogP contribution in [0.1, 0.15) is 35.7 Å². The zero-order valence-corrected chi connectivity index (χ0v) is 17.3. The number of nitrogens with zero attached hydrogens (tertiary/aromatic N) is 3. The number of anilines is 2. The van der Waals surface area contributed by atoms with E-state index in [4.69, 9.17) is 4.74 Å². The van der Waals surface area contributed by atoms with Gasteiger partial charge in [0.25, 0.3) is 0 Å². The van der Waals surface area contributed by atoms with Gasteiger partial charge in [0.15, 0.2) is 0 Å². The van der Waals surface area contributed by atoms with Crippen molar-refractivity contribution in [1.29, 1.82) is 0 Å². The molecular formula is C24H26N4O2. The second-order valence-corrected chi connectivity index (χ2v) is 7.54. The number of pyridine rings is 2. The van der Waals surface area contributed by atoms with E-state index in [9.17, 15) is 4.79 Å². The molecule has 2 aromatic heterocycles. The van der Waals surface area contributed by atoms with Crippen LogP contribution in [0.3, 0.4) is 0 Å². The fourth-order valence-corrected chi connectivity index (χ4v) is 3.86. The molecule has 1 amide bonds. The van der Waals surface area contributed by atoms with Crippen molar-refractivity contribution >= 4 is 17.4 Å². The zero-order valence-electron chi connectivity index (χ0n) is 17.3. The Bertz CT molecular complexity index is 1020. The second kappa shape index (κ2) is 8.95. The van der Waals surface area contributed by atoms with Crippen LogP contribution in [0.2, 0.25) is 0 Å². The van der Waals surface area contributed by atoms with Crippen LogP contribution in [0.25, 0.3) is 0 Å². The summed E-state index contributed by atoms with van der Waals surface area (Å²) < 4.78 is 5.27. The molecule has 3 heterocycles. The van der Waals surface area contributed by atoms with Crippen molar-refractivity contribution in [3.63, 3.8) is 0 Å². The van der Waals surface area contributed by atoms with Crippen LogP contribution in [-0.2, 0) is 11.2 Å². The molecule has 0 spiro atoms. The van der Waals surface area contributed by atoms with Gasteiger partial charge in [0.1, 0.15) is 11.6 Å². The number of aryl methyl sites for hydroxylation is 1. The Morgan fingerprint density at radius 1 is 1.20 bits per heavy atom. The van der Waals surface area contributed by atoms with Gasteiger partial charge in [-0.1, -0.05) is 18.2 Å². The van der Waals surface area contributed by atoms with Crippen molar-refractivity contribution in [2.45, 2.75) is 32.2 Å². The summed E-state index contributed by atoms with van der Waals surface area (Å²) in [6, 6.07) is 15.6. The summed E-state index contributed by atoms with van der Waals surface area (Å²) in [6.07, 6.45) is 5.87. The molecule has 1 unspecified atom stereocenters. The number of carbonyl (C=O) groups excluding carboxylic acids is 1. The van der Waals surface area contributed by atoms with Crippen molar-refractivity contribution < 1.29 is 9.53 Å². The number of hydrogen-bond acceptors (Lipinski definition) is 5. The maximum atomic E-state index is 13.0. The average Bonchev–Trinajstić information content (AvgIpc) is 3.26. The van der Waals surface area contributed by atoms with E-state index in [1.165, 1.54) is 0 Å². The van der Waals surface area contributed by atoms with E-state index >= 15 is 0 Å². The van der Waals surface area contributed by atoms with Crippen molar-refractivity contribution in [3.05, 3.63) is 77.7 Å². The molecule has 1 atom stereocenters. The number of amides is 1. The molecule has 1 aliphatic rings. The highest BCUT2D eigenvalue weighted by atomic mass is 16.5. The summed E-state index contributed by atoms with van der Waals surface area (Å²) in [5.41, 5.74) is 3.84. The average molecular weight is 402 g/mol. The van der Waals surface area contributed by atoms with Crippen LogP contribution in [0.15, 0.2) is 60.9 Å². The van der Waals surface area contributed by atoms with E-state index in [2.05, 4.69) is 15.3 Å². The molecule has 0 radical (unpaired) electrons. The van der Waals surface area contributed by atoms with Crippen LogP contribution in [0.4, 0.5) is 11.5 Å². The number of rotatable bonds is 6. The molecule has 6 nitrogen and oxygen atoms in total. The summed E-state index contributed by atoms with van der Waals surface area (Å²) in [6.45, 7) is 2.78. The summed E-state index contributed by atoms with van der Waals surface area (Å²) >= 11 is 0. The van der Waals surface area contributed by atoms with Crippen LogP contribution < -0.4 is 10.1 Å². The summed E-state index contributed by atoms with van der Waals surface area (Å²) in [4.78, 5) is 23.9. The minimum absolute atomic E-state index is 0.0220.